The molecule has 2 unspecified atom stereocenters. The maximum Gasteiger partial charge on any atom is 0.0950 e. The number of nitrogens with two attached hydrogens (primary N) is 1. The van der Waals surface area contributed by atoms with E-state index in [4.69, 9.17) is 10.2 Å². The van der Waals surface area contributed by atoms with Crippen molar-refractivity contribution in [2.45, 2.75) is 46.6 Å². The first kappa shape index (κ1) is 12.3. The summed E-state index contributed by atoms with van der Waals surface area (Å²) < 4.78 is 5.04. The van der Waals surface area contributed by atoms with Crippen LogP contribution in [0.25, 0.3) is 0 Å². The lowest BCUT2D eigenvalue weighted by molar-refractivity contribution is 0.286. The summed E-state index contributed by atoms with van der Waals surface area (Å²) in [4.78, 5) is 0. The van der Waals surface area contributed by atoms with Gasteiger partial charge in [-0.25, -0.2) is 0 Å². The summed E-state index contributed by atoms with van der Waals surface area (Å²) in [5, 5.41) is 0. The maximum atomic E-state index is 6.10. The number of rotatable bonds is 4. The summed E-state index contributed by atoms with van der Waals surface area (Å²) >= 11 is 0. The Kier molecular flexibility index (Phi) is 3.97. The van der Waals surface area contributed by atoms with E-state index in [0.717, 1.165) is 12.0 Å². The van der Waals surface area contributed by atoms with Crippen LogP contribution >= 0.6 is 0 Å². The van der Waals surface area contributed by atoms with Crippen molar-refractivity contribution < 1.29 is 4.42 Å². The fourth-order valence-corrected chi connectivity index (χ4v) is 2.18. The molecule has 1 aromatic heterocycles. The van der Waals surface area contributed by atoms with Gasteiger partial charge >= 0.3 is 0 Å². The normalized spacial score (nSPS) is 16.3. The lowest BCUT2D eigenvalue weighted by Gasteiger charge is -2.24. The third-order valence-electron chi connectivity index (χ3n) is 2.59. The highest BCUT2D eigenvalue weighted by atomic mass is 16.3. The molecule has 2 N–H and O–H groups in total. The second kappa shape index (κ2) is 4.84. The van der Waals surface area contributed by atoms with Crippen LogP contribution < -0.4 is 5.73 Å². The summed E-state index contributed by atoms with van der Waals surface area (Å²) in [6.45, 7) is 9.08. The summed E-state index contributed by atoms with van der Waals surface area (Å²) in [6, 6.07) is 2.06. The molecule has 0 amide bonds. The Balaban J connectivity index is 2.42. The van der Waals surface area contributed by atoms with Crippen LogP contribution in [-0.2, 0) is 0 Å². The lowest BCUT2D eigenvalue weighted by atomic mass is 9.82. The van der Waals surface area contributed by atoms with Gasteiger partial charge in [-0.05, 0) is 30.2 Å². The number of furan rings is 1. The van der Waals surface area contributed by atoms with E-state index >= 15 is 0 Å². The Morgan fingerprint density at radius 1 is 1.40 bits per heavy atom. The van der Waals surface area contributed by atoms with Crippen LogP contribution in [0.3, 0.4) is 0 Å². The van der Waals surface area contributed by atoms with Crippen LogP contribution in [0, 0.1) is 11.3 Å². The van der Waals surface area contributed by atoms with Crippen molar-refractivity contribution >= 4 is 0 Å². The van der Waals surface area contributed by atoms with E-state index < -0.39 is 0 Å². The lowest BCUT2D eigenvalue weighted by Crippen LogP contribution is -2.17. The van der Waals surface area contributed by atoms with Gasteiger partial charge in [0.15, 0.2) is 0 Å². The highest BCUT2D eigenvalue weighted by molar-refractivity contribution is 5.10. The van der Waals surface area contributed by atoms with Crippen LogP contribution in [0.15, 0.2) is 23.0 Å². The summed E-state index contributed by atoms with van der Waals surface area (Å²) in [5.74, 6) is 0.648. The summed E-state index contributed by atoms with van der Waals surface area (Å²) in [7, 11) is 0. The molecule has 0 bridgehead atoms. The van der Waals surface area contributed by atoms with Gasteiger partial charge in [0.05, 0.1) is 12.5 Å². The van der Waals surface area contributed by atoms with Crippen LogP contribution in [0.2, 0.25) is 0 Å². The molecule has 1 aromatic rings. The van der Waals surface area contributed by atoms with Crippen LogP contribution in [0.5, 0.6) is 0 Å². The highest BCUT2D eigenvalue weighted by Crippen LogP contribution is 2.29. The fraction of sp³-hybridized carbons (Fsp3) is 0.692. The van der Waals surface area contributed by atoms with Crippen molar-refractivity contribution in [2.24, 2.45) is 17.1 Å². The SMILES string of the molecule is CC(CC(N)c1ccoc1)CC(C)(C)C. The van der Waals surface area contributed by atoms with Crippen molar-refractivity contribution in [1.82, 2.24) is 0 Å². The van der Waals surface area contributed by atoms with Crippen molar-refractivity contribution in [2.75, 3.05) is 0 Å². The molecule has 15 heavy (non-hydrogen) atoms. The monoisotopic (exact) mass is 209 g/mol. The quantitative estimate of drug-likeness (QED) is 0.820. The fourth-order valence-electron chi connectivity index (χ4n) is 2.18. The van der Waals surface area contributed by atoms with Gasteiger partial charge in [-0.3, -0.25) is 0 Å². The van der Waals surface area contributed by atoms with E-state index in [-0.39, 0.29) is 6.04 Å². The van der Waals surface area contributed by atoms with E-state index in [2.05, 4.69) is 27.7 Å². The largest absolute Gasteiger partial charge is 0.472 e. The number of hydrogen-bond acceptors (Lipinski definition) is 2. The third kappa shape index (κ3) is 4.52. The van der Waals surface area contributed by atoms with E-state index in [0.29, 0.717) is 11.3 Å². The number of hydrogen-bond donors (Lipinski definition) is 1. The molecule has 0 aromatic carbocycles. The molecule has 0 fully saturated rings. The van der Waals surface area contributed by atoms with Crippen molar-refractivity contribution in [3.8, 4) is 0 Å². The molecular formula is C13H23NO. The van der Waals surface area contributed by atoms with Crippen molar-refractivity contribution in [1.29, 1.82) is 0 Å². The molecule has 0 saturated carbocycles. The minimum Gasteiger partial charge on any atom is -0.472 e. The van der Waals surface area contributed by atoms with Crippen LogP contribution in [-0.4, -0.2) is 0 Å². The zero-order chi connectivity index (χ0) is 11.5. The second-order valence-corrected chi connectivity index (χ2v) is 5.77. The molecule has 0 radical (unpaired) electrons. The molecule has 0 aliphatic heterocycles. The zero-order valence-corrected chi connectivity index (χ0v) is 10.3. The Morgan fingerprint density at radius 3 is 2.53 bits per heavy atom. The van der Waals surface area contributed by atoms with Crippen molar-refractivity contribution in [3.63, 3.8) is 0 Å². The molecule has 2 heteroatoms. The molecule has 0 aliphatic rings. The van der Waals surface area contributed by atoms with Gasteiger partial charge in [-0.1, -0.05) is 27.7 Å². The molecule has 0 aliphatic carbocycles. The summed E-state index contributed by atoms with van der Waals surface area (Å²) in [5.41, 5.74) is 7.59. The minimum absolute atomic E-state index is 0.112. The molecule has 1 rings (SSSR count). The van der Waals surface area contributed by atoms with E-state index in [1.165, 1.54) is 6.42 Å². The Hall–Kier alpha value is -0.760. The maximum absolute atomic E-state index is 6.10. The molecule has 0 saturated heterocycles. The van der Waals surface area contributed by atoms with E-state index in [9.17, 15) is 0 Å². The standard InChI is InChI=1S/C13H23NO/c1-10(8-13(2,3)4)7-12(14)11-5-6-15-9-11/h5-6,9-10,12H,7-8,14H2,1-4H3. The molecular weight excluding hydrogens is 186 g/mol. The van der Waals surface area contributed by atoms with Gasteiger partial charge in [0.25, 0.3) is 0 Å². The van der Waals surface area contributed by atoms with Gasteiger partial charge in [-0.2, -0.15) is 0 Å². The summed E-state index contributed by atoms with van der Waals surface area (Å²) in [6.07, 6.45) is 5.66. The topological polar surface area (TPSA) is 39.2 Å². The first-order valence-electron chi connectivity index (χ1n) is 5.66. The van der Waals surface area contributed by atoms with E-state index in [1.54, 1.807) is 12.5 Å². The first-order chi connectivity index (χ1) is 6.88. The first-order valence-corrected chi connectivity index (χ1v) is 5.66. The zero-order valence-electron chi connectivity index (χ0n) is 10.3. The average Bonchev–Trinajstić information content (AvgIpc) is 2.50. The van der Waals surface area contributed by atoms with Gasteiger partial charge in [0.1, 0.15) is 0 Å². The third-order valence-corrected chi connectivity index (χ3v) is 2.59. The second-order valence-electron chi connectivity index (χ2n) is 5.77. The molecule has 0 spiro atoms. The van der Waals surface area contributed by atoms with Gasteiger partial charge in [0, 0.05) is 11.6 Å². The Morgan fingerprint density at radius 2 is 2.07 bits per heavy atom. The smallest absolute Gasteiger partial charge is 0.0950 e. The van der Waals surface area contributed by atoms with Gasteiger partial charge in [0.2, 0.25) is 0 Å². The van der Waals surface area contributed by atoms with Gasteiger partial charge in [-0.15, -0.1) is 0 Å². The van der Waals surface area contributed by atoms with Gasteiger partial charge < -0.3 is 10.2 Å². The highest BCUT2D eigenvalue weighted by Gasteiger charge is 2.18. The molecule has 2 nitrogen and oxygen atoms in total. The molecule has 86 valence electrons. The van der Waals surface area contributed by atoms with Crippen LogP contribution in [0.1, 0.15) is 52.1 Å². The Labute approximate surface area is 92.9 Å². The van der Waals surface area contributed by atoms with Crippen LogP contribution in [0.4, 0.5) is 0 Å². The predicted octanol–water partition coefficient (Wildman–Crippen LogP) is 3.74. The van der Waals surface area contributed by atoms with E-state index in [1.807, 2.05) is 6.07 Å². The van der Waals surface area contributed by atoms with Crippen molar-refractivity contribution in [3.05, 3.63) is 24.2 Å². The Bertz CT molecular complexity index is 271. The predicted molar refractivity (Wildman–Crippen MR) is 63.5 cm³/mol. The molecule has 1 heterocycles. The average molecular weight is 209 g/mol. The minimum atomic E-state index is 0.112. The molecule has 2 atom stereocenters.